The smallest absolute Gasteiger partial charge is 0.308 e. The largest absolute Gasteiger partial charge is 0.345 e. The average Bonchev–Trinajstić information content (AvgIpc) is 2.33. The highest BCUT2D eigenvalue weighted by molar-refractivity contribution is 5.91. The molecule has 1 heterocycles. The van der Waals surface area contributed by atoms with E-state index >= 15 is 0 Å². The molecule has 0 saturated carbocycles. The molecule has 1 aromatic carbocycles. The van der Waals surface area contributed by atoms with Gasteiger partial charge in [0.05, 0.1) is 10.6 Å². The summed E-state index contributed by atoms with van der Waals surface area (Å²) >= 11 is 0. The third-order valence-electron chi connectivity index (χ3n) is 2.59. The first-order valence-electron chi connectivity index (χ1n) is 5.11. The molecular formula is C11H8F2N2O3. The second-order valence-electron chi connectivity index (χ2n) is 3.71. The molecule has 0 radical (unpaired) electrons. The lowest BCUT2D eigenvalue weighted by atomic mass is 10.1. The monoisotopic (exact) mass is 254 g/mol. The zero-order chi connectivity index (χ0) is 13.3. The van der Waals surface area contributed by atoms with E-state index in [0.29, 0.717) is 0 Å². The van der Waals surface area contributed by atoms with Crippen LogP contribution in [0.2, 0.25) is 0 Å². The standard InChI is InChI=1S/C11H8F2N2O3/c12-10-8(14-5-3-7(16)4-6-14)1-2-9(11(10)13)15(17)18/h1-3,5H,4,6H2. The fraction of sp³-hybridized carbons (Fsp3) is 0.182. The number of nitrogens with zero attached hydrogens (tertiary/aromatic N) is 2. The lowest BCUT2D eigenvalue weighted by Crippen LogP contribution is -2.25. The first-order chi connectivity index (χ1) is 8.50. The van der Waals surface area contributed by atoms with Crippen LogP contribution >= 0.6 is 0 Å². The highest BCUT2D eigenvalue weighted by Crippen LogP contribution is 2.29. The van der Waals surface area contributed by atoms with E-state index in [4.69, 9.17) is 0 Å². The maximum atomic E-state index is 13.7. The van der Waals surface area contributed by atoms with Gasteiger partial charge in [0.1, 0.15) is 0 Å². The molecule has 0 amide bonds. The number of carbonyl (C=O) groups is 1. The summed E-state index contributed by atoms with van der Waals surface area (Å²) < 4.78 is 27.1. The highest BCUT2D eigenvalue weighted by Gasteiger charge is 2.24. The van der Waals surface area contributed by atoms with E-state index < -0.39 is 22.2 Å². The van der Waals surface area contributed by atoms with Crippen LogP contribution < -0.4 is 4.90 Å². The Bertz CT molecular complexity index is 557. The van der Waals surface area contributed by atoms with Crippen molar-refractivity contribution in [3.63, 3.8) is 0 Å². The number of carbonyl (C=O) groups excluding carboxylic acids is 1. The summed E-state index contributed by atoms with van der Waals surface area (Å²) in [6, 6.07) is 2.02. The number of benzene rings is 1. The number of nitro groups is 1. The Balaban J connectivity index is 2.41. The minimum Gasteiger partial charge on any atom is -0.345 e. The Kier molecular flexibility index (Phi) is 3.05. The quantitative estimate of drug-likeness (QED) is 0.599. The zero-order valence-corrected chi connectivity index (χ0v) is 9.10. The van der Waals surface area contributed by atoms with Gasteiger partial charge < -0.3 is 4.90 Å². The molecule has 0 spiro atoms. The molecule has 1 aliphatic rings. The highest BCUT2D eigenvalue weighted by atomic mass is 19.2. The van der Waals surface area contributed by atoms with Gasteiger partial charge in [-0.25, -0.2) is 4.39 Å². The van der Waals surface area contributed by atoms with E-state index in [2.05, 4.69) is 0 Å². The molecule has 0 aliphatic carbocycles. The van der Waals surface area contributed by atoms with Gasteiger partial charge in [-0.1, -0.05) is 0 Å². The Labute approximate surface area is 100 Å². The first kappa shape index (κ1) is 12.2. The average molecular weight is 254 g/mol. The minimum atomic E-state index is -1.50. The van der Waals surface area contributed by atoms with E-state index in [1.807, 2.05) is 0 Å². The zero-order valence-electron chi connectivity index (χ0n) is 9.10. The Morgan fingerprint density at radius 1 is 1.28 bits per heavy atom. The molecule has 1 aliphatic heterocycles. The van der Waals surface area contributed by atoms with E-state index in [0.717, 1.165) is 12.1 Å². The van der Waals surface area contributed by atoms with Gasteiger partial charge >= 0.3 is 5.69 Å². The molecule has 0 N–H and O–H groups in total. The van der Waals surface area contributed by atoms with E-state index in [9.17, 15) is 23.7 Å². The molecule has 0 bridgehead atoms. The van der Waals surface area contributed by atoms with E-state index in [1.165, 1.54) is 17.2 Å². The summed E-state index contributed by atoms with van der Waals surface area (Å²) in [5.74, 6) is -2.89. The number of hydrogen-bond donors (Lipinski definition) is 0. The van der Waals surface area contributed by atoms with Crippen molar-refractivity contribution < 1.29 is 18.5 Å². The van der Waals surface area contributed by atoms with Gasteiger partial charge in [-0.05, 0) is 12.1 Å². The van der Waals surface area contributed by atoms with Gasteiger partial charge in [0.15, 0.2) is 11.6 Å². The minimum absolute atomic E-state index is 0.103. The van der Waals surface area contributed by atoms with Crippen LogP contribution in [0.5, 0.6) is 0 Å². The van der Waals surface area contributed by atoms with E-state index in [1.54, 1.807) is 0 Å². The predicted molar refractivity (Wildman–Crippen MR) is 59.1 cm³/mol. The molecule has 1 aromatic rings. The van der Waals surface area contributed by atoms with Crippen LogP contribution in [-0.2, 0) is 4.79 Å². The lowest BCUT2D eigenvalue weighted by Gasteiger charge is -2.23. The van der Waals surface area contributed by atoms with Crippen LogP contribution in [0.15, 0.2) is 24.4 Å². The van der Waals surface area contributed by atoms with Crippen molar-refractivity contribution in [2.24, 2.45) is 0 Å². The van der Waals surface area contributed by atoms with Crippen molar-refractivity contribution in [1.82, 2.24) is 0 Å². The van der Waals surface area contributed by atoms with Gasteiger partial charge in [0.25, 0.3) is 0 Å². The summed E-state index contributed by atoms with van der Waals surface area (Å²) in [6.45, 7) is 0.212. The summed E-state index contributed by atoms with van der Waals surface area (Å²) in [4.78, 5) is 21.7. The second kappa shape index (κ2) is 4.52. The fourth-order valence-electron chi connectivity index (χ4n) is 1.65. The van der Waals surface area contributed by atoms with Gasteiger partial charge in [-0.3, -0.25) is 14.9 Å². The molecule has 94 valence electrons. The Hall–Kier alpha value is -2.31. The summed E-state index contributed by atoms with van der Waals surface area (Å²) in [7, 11) is 0. The van der Waals surface area contributed by atoms with Gasteiger partial charge in [0, 0.05) is 25.2 Å². The van der Waals surface area contributed by atoms with Crippen molar-refractivity contribution in [3.8, 4) is 0 Å². The summed E-state index contributed by atoms with van der Waals surface area (Å²) in [6.07, 6.45) is 2.77. The van der Waals surface area contributed by atoms with Gasteiger partial charge in [0.2, 0.25) is 5.82 Å². The van der Waals surface area contributed by atoms with Crippen LogP contribution in [0, 0.1) is 21.7 Å². The Morgan fingerprint density at radius 2 is 2.00 bits per heavy atom. The second-order valence-corrected chi connectivity index (χ2v) is 3.71. The van der Waals surface area contributed by atoms with Crippen molar-refractivity contribution in [2.75, 3.05) is 11.4 Å². The van der Waals surface area contributed by atoms with Crippen molar-refractivity contribution in [1.29, 1.82) is 0 Å². The first-order valence-corrected chi connectivity index (χ1v) is 5.11. The van der Waals surface area contributed by atoms with Crippen LogP contribution in [0.1, 0.15) is 6.42 Å². The van der Waals surface area contributed by atoms with Crippen LogP contribution in [0.3, 0.4) is 0 Å². The fourth-order valence-corrected chi connectivity index (χ4v) is 1.65. The van der Waals surface area contributed by atoms with Crippen molar-refractivity contribution in [2.45, 2.75) is 6.42 Å². The number of allylic oxidation sites excluding steroid dienone is 1. The van der Waals surface area contributed by atoms with E-state index in [-0.39, 0.29) is 24.4 Å². The maximum Gasteiger partial charge on any atom is 0.308 e. The number of hydrogen-bond acceptors (Lipinski definition) is 4. The van der Waals surface area contributed by atoms with Gasteiger partial charge in [-0.2, -0.15) is 4.39 Å². The summed E-state index contributed by atoms with van der Waals surface area (Å²) in [5.41, 5.74) is -1.03. The predicted octanol–water partition coefficient (Wildman–Crippen LogP) is 2.17. The SMILES string of the molecule is O=C1C=CN(c2ccc([N+](=O)[O-])c(F)c2F)CC1. The third kappa shape index (κ3) is 2.06. The molecule has 5 nitrogen and oxygen atoms in total. The molecule has 0 aromatic heterocycles. The molecule has 0 atom stereocenters. The van der Waals surface area contributed by atoms with Crippen molar-refractivity contribution >= 4 is 17.2 Å². The number of rotatable bonds is 2. The normalized spacial score (nSPS) is 15.0. The molecule has 0 fully saturated rings. The molecule has 18 heavy (non-hydrogen) atoms. The molecule has 0 unspecified atom stereocenters. The van der Waals surface area contributed by atoms with Crippen LogP contribution in [0.4, 0.5) is 20.2 Å². The number of ketones is 1. The third-order valence-corrected chi connectivity index (χ3v) is 2.59. The molecule has 0 saturated heterocycles. The number of halogens is 2. The topological polar surface area (TPSA) is 63.5 Å². The maximum absolute atomic E-state index is 13.7. The number of anilines is 1. The Morgan fingerprint density at radius 3 is 2.56 bits per heavy atom. The molecule has 2 rings (SSSR count). The van der Waals surface area contributed by atoms with Crippen LogP contribution in [0.25, 0.3) is 0 Å². The molecular weight excluding hydrogens is 246 g/mol. The van der Waals surface area contributed by atoms with Crippen molar-refractivity contribution in [3.05, 3.63) is 46.2 Å². The lowest BCUT2D eigenvalue weighted by molar-refractivity contribution is -0.387. The summed E-state index contributed by atoms with van der Waals surface area (Å²) in [5, 5.41) is 10.4. The number of nitro benzene ring substituents is 1. The molecule has 7 heteroatoms. The van der Waals surface area contributed by atoms with Gasteiger partial charge in [-0.15, -0.1) is 0 Å². The van der Waals surface area contributed by atoms with Crippen LogP contribution in [-0.4, -0.2) is 17.3 Å².